The molecule has 0 aliphatic heterocycles. The zero-order valence-electron chi connectivity index (χ0n) is 13.6. The van der Waals surface area contributed by atoms with Gasteiger partial charge in [-0.15, -0.1) is 0 Å². The molecule has 0 fully saturated rings. The fourth-order valence-electron chi connectivity index (χ4n) is 2.15. The Hall–Kier alpha value is -2.93. The lowest BCUT2D eigenvalue weighted by Gasteiger charge is -2.11. The molecule has 0 unspecified atom stereocenters. The normalized spacial score (nSPS) is 9.96. The van der Waals surface area contributed by atoms with Crippen molar-refractivity contribution in [3.05, 3.63) is 65.2 Å². The van der Waals surface area contributed by atoms with Crippen LogP contribution in [0.15, 0.2) is 48.5 Å². The van der Waals surface area contributed by atoms with E-state index < -0.39 is 11.9 Å². The molecule has 0 bridgehead atoms. The molecule has 0 spiro atoms. The second-order valence-corrected chi connectivity index (χ2v) is 5.61. The molecular weight excluding hydrogens is 340 g/mol. The van der Waals surface area contributed by atoms with Crippen LogP contribution in [0.25, 0.3) is 0 Å². The first-order chi connectivity index (χ1) is 12.0. The smallest absolute Gasteiger partial charge is 0.336 e. The van der Waals surface area contributed by atoms with Crippen molar-refractivity contribution >= 4 is 35.0 Å². The zero-order valence-corrected chi connectivity index (χ0v) is 14.4. The lowest BCUT2D eigenvalue weighted by molar-refractivity contribution is 0.0691. The number of anilines is 1. The minimum atomic E-state index is -1.15. The number of aromatic carboxylic acids is 1. The number of nitrogens with one attached hydrogen (secondary N) is 2. The van der Waals surface area contributed by atoms with E-state index in [1.807, 2.05) is 31.2 Å². The Morgan fingerprint density at radius 1 is 1.12 bits per heavy atom. The third-order valence-corrected chi connectivity index (χ3v) is 3.51. The van der Waals surface area contributed by atoms with Crippen molar-refractivity contribution in [2.45, 2.75) is 6.92 Å². The second kappa shape index (κ2) is 8.79. The number of benzene rings is 2. The summed E-state index contributed by atoms with van der Waals surface area (Å²) < 4.78 is 5.34. The molecule has 0 saturated heterocycles. The van der Waals surface area contributed by atoms with Crippen molar-refractivity contribution in [1.29, 1.82) is 0 Å². The molecule has 0 aliphatic carbocycles. The maximum absolute atomic E-state index is 12.1. The van der Waals surface area contributed by atoms with Crippen molar-refractivity contribution in [3.63, 3.8) is 0 Å². The lowest BCUT2D eigenvalue weighted by Crippen LogP contribution is -2.30. The first-order valence-electron chi connectivity index (χ1n) is 7.58. The van der Waals surface area contributed by atoms with E-state index in [4.69, 9.17) is 22.1 Å². The predicted octanol–water partition coefficient (Wildman–Crippen LogP) is 2.84. The van der Waals surface area contributed by atoms with Crippen molar-refractivity contribution in [3.8, 4) is 0 Å². The van der Waals surface area contributed by atoms with Gasteiger partial charge in [0.05, 0.1) is 17.7 Å². The van der Waals surface area contributed by atoms with Crippen LogP contribution in [0.4, 0.5) is 5.69 Å². The van der Waals surface area contributed by atoms with Crippen LogP contribution in [-0.2, 0) is 4.74 Å². The molecule has 130 valence electrons. The first-order valence-corrected chi connectivity index (χ1v) is 7.99. The van der Waals surface area contributed by atoms with Crippen LogP contribution in [0.5, 0.6) is 0 Å². The Bertz CT molecular complexity index is 792. The van der Waals surface area contributed by atoms with Gasteiger partial charge in [-0.25, -0.2) is 4.79 Å². The Labute approximate surface area is 150 Å². The zero-order chi connectivity index (χ0) is 18.2. The van der Waals surface area contributed by atoms with Crippen LogP contribution < -0.4 is 10.6 Å². The van der Waals surface area contributed by atoms with E-state index in [-0.39, 0.29) is 29.5 Å². The summed E-state index contributed by atoms with van der Waals surface area (Å²) in [5.41, 5.74) is 1.98. The van der Waals surface area contributed by atoms with Gasteiger partial charge in [-0.05, 0) is 49.0 Å². The number of carboxylic acids is 1. The third-order valence-electron chi connectivity index (χ3n) is 3.29. The molecule has 3 N–H and O–H groups in total. The molecule has 2 rings (SSSR count). The SMILES string of the molecule is Cc1cccc(NC(=S)OCCNC(=O)c2ccccc2C(=O)O)c1. The van der Waals surface area contributed by atoms with Crippen molar-refractivity contribution < 1.29 is 19.4 Å². The molecule has 2 aromatic rings. The number of hydrogen-bond donors (Lipinski definition) is 3. The third kappa shape index (κ3) is 5.58. The fraction of sp³-hybridized carbons (Fsp3) is 0.167. The molecular formula is C18H18N2O4S. The van der Waals surface area contributed by atoms with Crippen LogP contribution in [0.3, 0.4) is 0 Å². The predicted molar refractivity (Wildman–Crippen MR) is 99.1 cm³/mol. The number of carbonyl (C=O) groups is 2. The minimum Gasteiger partial charge on any atom is -0.478 e. The molecule has 6 nitrogen and oxygen atoms in total. The van der Waals surface area contributed by atoms with E-state index in [2.05, 4.69) is 10.6 Å². The molecule has 25 heavy (non-hydrogen) atoms. The minimum absolute atomic E-state index is 0.0439. The van der Waals surface area contributed by atoms with E-state index in [1.165, 1.54) is 12.1 Å². The summed E-state index contributed by atoms with van der Waals surface area (Å²) in [4.78, 5) is 23.2. The number of aryl methyl sites for hydroxylation is 1. The molecule has 0 aromatic heterocycles. The van der Waals surface area contributed by atoms with Crippen LogP contribution in [-0.4, -0.2) is 35.3 Å². The topological polar surface area (TPSA) is 87.7 Å². The van der Waals surface area contributed by atoms with Crippen molar-refractivity contribution in [1.82, 2.24) is 5.32 Å². The maximum Gasteiger partial charge on any atom is 0.336 e. The number of ether oxygens (including phenoxy) is 1. The highest BCUT2D eigenvalue weighted by Gasteiger charge is 2.15. The van der Waals surface area contributed by atoms with E-state index in [1.54, 1.807) is 12.1 Å². The summed E-state index contributed by atoms with van der Waals surface area (Å²) in [7, 11) is 0. The van der Waals surface area contributed by atoms with Crippen LogP contribution in [0, 0.1) is 6.92 Å². The van der Waals surface area contributed by atoms with Gasteiger partial charge in [0.1, 0.15) is 6.61 Å². The van der Waals surface area contributed by atoms with E-state index >= 15 is 0 Å². The van der Waals surface area contributed by atoms with Gasteiger partial charge in [-0.2, -0.15) is 0 Å². The number of rotatable bonds is 6. The lowest BCUT2D eigenvalue weighted by atomic mass is 10.1. The number of carboxylic acid groups (broad SMARTS) is 1. The number of hydrogen-bond acceptors (Lipinski definition) is 4. The van der Waals surface area contributed by atoms with E-state index in [9.17, 15) is 9.59 Å². The van der Waals surface area contributed by atoms with Gasteiger partial charge in [0.2, 0.25) is 0 Å². The highest BCUT2D eigenvalue weighted by Crippen LogP contribution is 2.10. The average molecular weight is 358 g/mol. The van der Waals surface area contributed by atoms with Gasteiger partial charge in [0, 0.05) is 5.69 Å². The molecule has 0 radical (unpaired) electrons. The first kappa shape index (κ1) is 18.4. The molecule has 7 heteroatoms. The number of carbonyl (C=O) groups excluding carboxylic acids is 1. The van der Waals surface area contributed by atoms with Gasteiger partial charge in [0.15, 0.2) is 0 Å². The Kier molecular flexibility index (Phi) is 6.47. The summed E-state index contributed by atoms with van der Waals surface area (Å²) in [6.07, 6.45) is 0. The van der Waals surface area contributed by atoms with Gasteiger partial charge in [-0.1, -0.05) is 24.3 Å². The molecule has 0 aliphatic rings. The van der Waals surface area contributed by atoms with Gasteiger partial charge >= 0.3 is 5.97 Å². The molecule has 2 aromatic carbocycles. The summed E-state index contributed by atoms with van der Waals surface area (Å²) in [6, 6.07) is 13.7. The monoisotopic (exact) mass is 358 g/mol. The molecule has 0 heterocycles. The summed E-state index contributed by atoms with van der Waals surface area (Å²) >= 11 is 5.08. The highest BCUT2D eigenvalue weighted by atomic mass is 32.1. The standard InChI is InChI=1S/C18H18N2O4S/c1-12-5-4-6-13(11-12)20-18(25)24-10-9-19-16(21)14-7-2-3-8-15(14)17(22)23/h2-8,11H,9-10H2,1H3,(H,19,21)(H,20,25)(H,22,23). The number of thiocarbonyl (C=S) groups is 1. The Balaban J connectivity index is 1.78. The van der Waals surface area contributed by atoms with E-state index in [0.717, 1.165) is 11.3 Å². The Morgan fingerprint density at radius 2 is 1.84 bits per heavy atom. The van der Waals surface area contributed by atoms with Gasteiger partial charge in [-0.3, -0.25) is 4.79 Å². The second-order valence-electron chi connectivity index (χ2n) is 5.24. The summed E-state index contributed by atoms with van der Waals surface area (Å²) in [6.45, 7) is 2.33. The number of amides is 1. The van der Waals surface area contributed by atoms with Crippen LogP contribution in [0.1, 0.15) is 26.3 Å². The fourth-order valence-corrected chi connectivity index (χ4v) is 2.35. The van der Waals surface area contributed by atoms with Gasteiger partial charge < -0.3 is 20.5 Å². The molecule has 0 saturated carbocycles. The average Bonchev–Trinajstić information content (AvgIpc) is 2.58. The maximum atomic E-state index is 12.1. The van der Waals surface area contributed by atoms with Crippen molar-refractivity contribution in [2.75, 3.05) is 18.5 Å². The summed E-state index contributed by atoms with van der Waals surface area (Å²) in [5.74, 6) is -1.62. The summed E-state index contributed by atoms with van der Waals surface area (Å²) in [5, 5.41) is 14.8. The van der Waals surface area contributed by atoms with E-state index in [0.29, 0.717) is 0 Å². The molecule has 0 atom stereocenters. The van der Waals surface area contributed by atoms with Gasteiger partial charge in [0.25, 0.3) is 11.1 Å². The van der Waals surface area contributed by atoms with Crippen molar-refractivity contribution in [2.24, 2.45) is 0 Å². The quantitative estimate of drug-likeness (QED) is 0.544. The largest absolute Gasteiger partial charge is 0.478 e. The Morgan fingerprint density at radius 3 is 2.52 bits per heavy atom. The highest BCUT2D eigenvalue weighted by molar-refractivity contribution is 7.80. The van der Waals surface area contributed by atoms with Crippen LogP contribution in [0.2, 0.25) is 0 Å². The molecule has 1 amide bonds. The van der Waals surface area contributed by atoms with Crippen LogP contribution >= 0.6 is 12.2 Å².